The van der Waals surface area contributed by atoms with E-state index in [-0.39, 0.29) is 11.4 Å². The average molecular weight is 265 g/mol. The van der Waals surface area contributed by atoms with Crippen LogP contribution < -0.4 is 11.1 Å². The Morgan fingerprint density at radius 2 is 2.21 bits per heavy atom. The third kappa shape index (κ3) is 3.15. The fourth-order valence-corrected chi connectivity index (χ4v) is 2.52. The number of carbonyl (C=O) groups excluding carboxylic acids is 1. The number of hydrogen-bond acceptors (Lipinski definition) is 4. The van der Waals surface area contributed by atoms with Crippen LogP contribution in [0.5, 0.6) is 0 Å². The van der Waals surface area contributed by atoms with Gasteiger partial charge in [-0.25, -0.2) is 0 Å². The number of rotatable bonds is 6. The summed E-state index contributed by atoms with van der Waals surface area (Å²) in [5.74, 6) is 1.40. The summed E-state index contributed by atoms with van der Waals surface area (Å²) in [4.78, 5) is 12.0. The Balaban J connectivity index is 1.88. The van der Waals surface area contributed by atoms with Gasteiger partial charge in [0, 0.05) is 18.5 Å². The first-order chi connectivity index (χ1) is 8.96. The fourth-order valence-electron chi connectivity index (χ4n) is 2.52. The molecule has 1 amide bonds. The molecule has 1 saturated carbocycles. The van der Waals surface area contributed by atoms with Crippen LogP contribution in [-0.2, 0) is 11.2 Å². The number of nitrogens with two attached hydrogens (primary N) is 1. The molecule has 0 radical (unpaired) electrons. The summed E-state index contributed by atoms with van der Waals surface area (Å²) < 4.78 is 5.10. The lowest BCUT2D eigenvalue weighted by atomic mass is 9.95. The summed E-state index contributed by atoms with van der Waals surface area (Å²) >= 11 is 0. The van der Waals surface area contributed by atoms with Crippen molar-refractivity contribution >= 4 is 5.91 Å². The van der Waals surface area contributed by atoms with Crippen LogP contribution in [0.25, 0.3) is 0 Å². The van der Waals surface area contributed by atoms with Gasteiger partial charge in [0.1, 0.15) is 5.76 Å². The number of amides is 1. The highest BCUT2D eigenvalue weighted by molar-refractivity contribution is 5.77. The molecule has 106 valence electrons. The molecule has 1 aromatic rings. The lowest BCUT2D eigenvalue weighted by Gasteiger charge is -2.29. The van der Waals surface area contributed by atoms with Crippen molar-refractivity contribution in [1.82, 2.24) is 10.5 Å². The molecule has 2 rings (SSSR count). The van der Waals surface area contributed by atoms with Crippen LogP contribution >= 0.6 is 0 Å². The van der Waals surface area contributed by atoms with Crippen molar-refractivity contribution in [3.05, 3.63) is 17.0 Å². The molecular weight excluding hydrogens is 242 g/mol. The first-order valence-electron chi connectivity index (χ1n) is 6.89. The Kier molecular flexibility index (Phi) is 3.94. The molecule has 0 spiro atoms. The molecule has 1 atom stereocenters. The van der Waals surface area contributed by atoms with Gasteiger partial charge in [-0.2, -0.15) is 0 Å². The maximum atomic E-state index is 12.0. The topological polar surface area (TPSA) is 81.2 Å². The minimum absolute atomic E-state index is 0.0554. The van der Waals surface area contributed by atoms with Crippen molar-refractivity contribution in [3.63, 3.8) is 0 Å². The smallest absolute Gasteiger partial charge is 0.220 e. The van der Waals surface area contributed by atoms with Gasteiger partial charge in [-0.1, -0.05) is 5.16 Å². The average Bonchev–Trinajstić information content (AvgIpc) is 3.16. The molecule has 1 aromatic heterocycles. The maximum Gasteiger partial charge on any atom is 0.220 e. The zero-order valence-corrected chi connectivity index (χ0v) is 12.0. The van der Waals surface area contributed by atoms with Gasteiger partial charge in [-0.3, -0.25) is 4.79 Å². The predicted molar refractivity (Wildman–Crippen MR) is 72.6 cm³/mol. The van der Waals surface area contributed by atoms with Gasteiger partial charge in [-0.05, 0) is 46.0 Å². The molecule has 19 heavy (non-hydrogen) atoms. The standard InChI is InChI=1S/C14H23N3O2/c1-9-12(10(2)19-17-9)6-7-13(18)16-14(3,8-15)11-4-5-11/h11H,4-8,15H2,1-3H3,(H,16,18). The molecule has 0 bridgehead atoms. The van der Waals surface area contributed by atoms with Crippen molar-refractivity contribution in [2.75, 3.05) is 6.54 Å². The summed E-state index contributed by atoms with van der Waals surface area (Å²) in [5.41, 5.74) is 7.46. The second-order valence-electron chi connectivity index (χ2n) is 5.75. The Hall–Kier alpha value is -1.36. The van der Waals surface area contributed by atoms with Crippen LogP contribution in [0.4, 0.5) is 0 Å². The summed E-state index contributed by atoms with van der Waals surface area (Å²) in [6.07, 6.45) is 3.44. The monoisotopic (exact) mass is 265 g/mol. The van der Waals surface area contributed by atoms with E-state index < -0.39 is 0 Å². The molecule has 5 nitrogen and oxygen atoms in total. The van der Waals surface area contributed by atoms with Crippen LogP contribution in [0.3, 0.4) is 0 Å². The Morgan fingerprint density at radius 1 is 1.53 bits per heavy atom. The lowest BCUT2D eigenvalue weighted by Crippen LogP contribution is -2.53. The van der Waals surface area contributed by atoms with Crippen LogP contribution in [0.1, 0.15) is 43.2 Å². The van der Waals surface area contributed by atoms with Gasteiger partial charge in [0.25, 0.3) is 0 Å². The van der Waals surface area contributed by atoms with E-state index in [1.165, 1.54) is 0 Å². The van der Waals surface area contributed by atoms with Gasteiger partial charge < -0.3 is 15.6 Å². The number of aryl methyl sites for hydroxylation is 2. The summed E-state index contributed by atoms with van der Waals surface area (Å²) in [5, 5.41) is 6.99. The Morgan fingerprint density at radius 3 is 2.68 bits per heavy atom. The minimum Gasteiger partial charge on any atom is -0.361 e. The van der Waals surface area contributed by atoms with Gasteiger partial charge in [0.05, 0.1) is 11.2 Å². The SMILES string of the molecule is Cc1noc(C)c1CCC(=O)NC(C)(CN)C1CC1. The summed E-state index contributed by atoms with van der Waals surface area (Å²) in [7, 11) is 0. The summed E-state index contributed by atoms with van der Waals surface area (Å²) in [6.45, 7) is 6.31. The van der Waals surface area contributed by atoms with E-state index in [0.717, 1.165) is 29.9 Å². The van der Waals surface area contributed by atoms with Gasteiger partial charge in [-0.15, -0.1) is 0 Å². The van der Waals surface area contributed by atoms with Gasteiger partial charge >= 0.3 is 0 Å². The molecule has 0 saturated heterocycles. The van der Waals surface area contributed by atoms with E-state index >= 15 is 0 Å². The van der Waals surface area contributed by atoms with Crippen LogP contribution in [0.2, 0.25) is 0 Å². The fraction of sp³-hybridized carbons (Fsp3) is 0.714. The van der Waals surface area contributed by atoms with E-state index in [4.69, 9.17) is 10.3 Å². The largest absolute Gasteiger partial charge is 0.361 e. The van der Waals surface area contributed by atoms with E-state index in [0.29, 0.717) is 25.3 Å². The van der Waals surface area contributed by atoms with Crippen molar-refractivity contribution in [2.24, 2.45) is 11.7 Å². The van der Waals surface area contributed by atoms with Crippen molar-refractivity contribution in [2.45, 2.75) is 52.0 Å². The highest BCUT2D eigenvalue weighted by atomic mass is 16.5. The van der Waals surface area contributed by atoms with Crippen LogP contribution in [0.15, 0.2) is 4.52 Å². The van der Waals surface area contributed by atoms with E-state index in [1.54, 1.807) is 0 Å². The van der Waals surface area contributed by atoms with Gasteiger partial charge in [0.2, 0.25) is 5.91 Å². The number of aromatic nitrogens is 1. The Labute approximate surface area is 113 Å². The molecular formula is C14H23N3O2. The van der Waals surface area contributed by atoms with Crippen molar-refractivity contribution < 1.29 is 9.32 Å². The highest BCUT2D eigenvalue weighted by Crippen LogP contribution is 2.39. The van der Waals surface area contributed by atoms with Crippen LogP contribution in [-0.4, -0.2) is 23.1 Å². The zero-order valence-electron chi connectivity index (χ0n) is 12.0. The molecule has 1 aliphatic carbocycles. The zero-order chi connectivity index (χ0) is 14.0. The van der Waals surface area contributed by atoms with E-state index in [9.17, 15) is 4.79 Å². The molecule has 1 unspecified atom stereocenters. The number of nitrogens with zero attached hydrogens (tertiary/aromatic N) is 1. The number of hydrogen-bond donors (Lipinski definition) is 2. The third-order valence-electron chi connectivity index (χ3n) is 4.11. The third-order valence-corrected chi connectivity index (χ3v) is 4.11. The first-order valence-corrected chi connectivity index (χ1v) is 6.89. The second-order valence-corrected chi connectivity index (χ2v) is 5.75. The lowest BCUT2D eigenvalue weighted by molar-refractivity contribution is -0.123. The molecule has 5 heteroatoms. The van der Waals surface area contributed by atoms with E-state index in [2.05, 4.69) is 10.5 Å². The molecule has 0 aromatic carbocycles. The number of carbonyl (C=O) groups is 1. The molecule has 1 aliphatic rings. The van der Waals surface area contributed by atoms with Gasteiger partial charge in [0.15, 0.2) is 0 Å². The molecule has 1 heterocycles. The normalized spacial score (nSPS) is 18.1. The predicted octanol–water partition coefficient (Wildman–Crippen LogP) is 1.47. The van der Waals surface area contributed by atoms with Crippen LogP contribution in [0, 0.1) is 19.8 Å². The summed E-state index contributed by atoms with van der Waals surface area (Å²) in [6, 6.07) is 0. The van der Waals surface area contributed by atoms with E-state index in [1.807, 2.05) is 20.8 Å². The second kappa shape index (κ2) is 5.33. The molecule has 1 fully saturated rings. The number of nitrogens with one attached hydrogen (secondary N) is 1. The maximum absolute atomic E-state index is 12.0. The quantitative estimate of drug-likeness (QED) is 0.816. The van der Waals surface area contributed by atoms with Crippen molar-refractivity contribution in [1.29, 1.82) is 0 Å². The minimum atomic E-state index is -0.240. The first kappa shape index (κ1) is 14.1. The Bertz CT molecular complexity index is 446. The molecule has 0 aliphatic heterocycles. The van der Waals surface area contributed by atoms with Crippen molar-refractivity contribution in [3.8, 4) is 0 Å². The molecule has 3 N–H and O–H groups in total. The highest BCUT2D eigenvalue weighted by Gasteiger charge is 2.41.